The highest BCUT2D eigenvalue weighted by atomic mass is 35.5. The average molecular weight is 298 g/mol. The lowest BCUT2D eigenvalue weighted by atomic mass is 9.98. The van der Waals surface area contributed by atoms with Crippen molar-refractivity contribution < 1.29 is 9.47 Å². The van der Waals surface area contributed by atoms with Crippen LogP contribution in [0.3, 0.4) is 0 Å². The second kappa shape index (κ2) is 7.87. The van der Waals surface area contributed by atoms with E-state index in [0.29, 0.717) is 6.10 Å². The zero-order valence-corrected chi connectivity index (χ0v) is 13.1. The number of benzene rings is 1. The van der Waals surface area contributed by atoms with Crippen molar-refractivity contribution in [3.05, 3.63) is 28.8 Å². The minimum Gasteiger partial charge on any atom is -0.496 e. The number of hydrogen-bond donors (Lipinski definition) is 1. The molecular formula is C16H24ClNO2. The van der Waals surface area contributed by atoms with E-state index in [4.69, 9.17) is 21.1 Å². The van der Waals surface area contributed by atoms with Gasteiger partial charge in [0.05, 0.1) is 13.2 Å². The first-order valence-electron chi connectivity index (χ1n) is 7.43. The highest BCUT2D eigenvalue weighted by molar-refractivity contribution is 6.30. The van der Waals surface area contributed by atoms with Gasteiger partial charge >= 0.3 is 0 Å². The molecular weight excluding hydrogens is 274 g/mol. The number of rotatable bonds is 7. The Morgan fingerprint density at radius 2 is 2.35 bits per heavy atom. The van der Waals surface area contributed by atoms with Crippen LogP contribution in [0.5, 0.6) is 5.75 Å². The summed E-state index contributed by atoms with van der Waals surface area (Å²) in [5, 5.41) is 4.28. The van der Waals surface area contributed by atoms with Crippen molar-refractivity contribution in [2.45, 2.75) is 44.8 Å². The molecule has 1 saturated heterocycles. The van der Waals surface area contributed by atoms with E-state index in [9.17, 15) is 0 Å². The topological polar surface area (TPSA) is 30.5 Å². The summed E-state index contributed by atoms with van der Waals surface area (Å²) in [6.07, 6.45) is 4.91. The van der Waals surface area contributed by atoms with E-state index in [0.717, 1.165) is 42.3 Å². The van der Waals surface area contributed by atoms with Crippen molar-refractivity contribution >= 4 is 11.6 Å². The van der Waals surface area contributed by atoms with Gasteiger partial charge in [0.15, 0.2) is 0 Å². The number of ether oxygens (including phenoxy) is 2. The number of hydrogen-bond acceptors (Lipinski definition) is 3. The van der Waals surface area contributed by atoms with Crippen LogP contribution >= 0.6 is 11.6 Å². The zero-order chi connectivity index (χ0) is 14.4. The van der Waals surface area contributed by atoms with E-state index in [1.54, 1.807) is 7.11 Å². The third kappa shape index (κ3) is 4.11. The molecule has 0 aliphatic carbocycles. The molecule has 2 rings (SSSR count). The van der Waals surface area contributed by atoms with Crippen LogP contribution in [0.2, 0.25) is 5.02 Å². The SMILES string of the molecule is CCNC(CCC1CCCO1)c1cc(Cl)ccc1OC. The van der Waals surface area contributed by atoms with Gasteiger partial charge in [0.25, 0.3) is 0 Å². The van der Waals surface area contributed by atoms with Gasteiger partial charge in [-0.25, -0.2) is 0 Å². The molecule has 1 aromatic carbocycles. The van der Waals surface area contributed by atoms with Gasteiger partial charge in [-0.3, -0.25) is 0 Å². The number of nitrogens with one attached hydrogen (secondary N) is 1. The van der Waals surface area contributed by atoms with Gasteiger partial charge in [-0.2, -0.15) is 0 Å². The maximum Gasteiger partial charge on any atom is 0.123 e. The van der Waals surface area contributed by atoms with Gasteiger partial charge in [0, 0.05) is 23.2 Å². The van der Waals surface area contributed by atoms with Crippen LogP contribution in [-0.2, 0) is 4.74 Å². The normalized spacial score (nSPS) is 20.1. The third-order valence-corrected chi connectivity index (χ3v) is 4.05. The Balaban J connectivity index is 2.07. The smallest absolute Gasteiger partial charge is 0.123 e. The Morgan fingerprint density at radius 3 is 3.00 bits per heavy atom. The van der Waals surface area contributed by atoms with Crippen LogP contribution in [0.4, 0.5) is 0 Å². The van der Waals surface area contributed by atoms with Gasteiger partial charge in [0.2, 0.25) is 0 Å². The van der Waals surface area contributed by atoms with Gasteiger partial charge in [0.1, 0.15) is 5.75 Å². The summed E-state index contributed by atoms with van der Waals surface area (Å²) in [7, 11) is 1.70. The Hall–Kier alpha value is -0.770. The summed E-state index contributed by atoms with van der Waals surface area (Å²) in [6, 6.07) is 6.07. The number of methoxy groups -OCH3 is 1. The lowest BCUT2D eigenvalue weighted by Gasteiger charge is -2.22. The van der Waals surface area contributed by atoms with Crippen LogP contribution in [0.25, 0.3) is 0 Å². The van der Waals surface area contributed by atoms with Crippen molar-refractivity contribution in [1.29, 1.82) is 0 Å². The maximum atomic E-state index is 6.14. The van der Waals surface area contributed by atoms with Gasteiger partial charge in [-0.15, -0.1) is 0 Å². The largest absolute Gasteiger partial charge is 0.496 e. The maximum absolute atomic E-state index is 6.14. The first kappa shape index (κ1) is 15.6. The Kier molecular flexibility index (Phi) is 6.14. The fourth-order valence-electron chi connectivity index (χ4n) is 2.82. The second-order valence-electron chi connectivity index (χ2n) is 5.21. The van der Waals surface area contributed by atoms with Crippen LogP contribution in [0.15, 0.2) is 18.2 Å². The van der Waals surface area contributed by atoms with Crippen LogP contribution in [0.1, 0.15) is 44.2 Å². The van der Waals surface area contributed by atoms with Crippen molar-refractivity contribution in [2.24, 2.45) is 0 Å². The minimum atomic E-state index is 0.262. The van der Waals surface area contributed by atoms with E-state index in [-0.39, 0.29) is 6.04 Å². The number of halogens is 1. The lowest BCUT2D eigenvalue weighted by molar-refractivity contribution is 0.0995. The molecule has 1 aliphatic heterocycles. The molecule has 0 radical (unpaired) electrons. The van der Waals surface area contributed by atoms with Crippen LogP contribution in [-0.4, -0.2) is 26.4 Å². The summed E-state index contributed by atoms with van der Waals surface area (Å²) >= 11 is 6.14. The van der Waals surface area contributed by atoms with Crippen molar-refractivity contribution in [2.75, 3.05) is 20.3 Å². The average Bonchev–Trinajstić information content (AvgIpc) is 2.96. The molecule has 2 atom stereocenters. The van der Waals surface area contributed by atoms with Gasteiger partial charge < -0.3 is 14.8 Å². The molecule has 2 unspecified atom stereocenters. The molecule has 4 heteroatoms. The molecule has 0 spiro atoms. The van der Waals surface area contributed by atoms with Crippen LogP contribution in [0, 0.1) is 0 Å². The molecule has 1 aromatic rings. The second-order valence-corrected chi connectivity index (χ2v) is 5.65. The molecule has 1 heterocycles. The summed E-state index contributed by atoms with van der Waals surface area (Å²) in [5.74, 6) is 0.896. The van der Waals surface area contributed by atoms with E-state index >= 15 is 0 Å². The summed E-state index contributed by atoms with van der Waals surface area (Å²) in [4.78, 5) is 0. The highest BCUT2D eigenvalue weighted by Gasteiger charge is 2.20. The molecule has 20 heavy (non-hydrogen) atoms. The first-order chi connectivity index (χ1) is 9.74. The molecule has 0 saturated carbocycles. The lowest BCUT2D eigenvalue weighted by Crippen LogP contribution is -2.23. The molecule has 3 nitrogen and oxygen atoms in total. The van der Waals surface area contributed by atoms with E-state index in [2.05, 4.69) is 12.2 Å². The molecule has 0 aromatic heterocycles. The van der Waals surface area contributed by atoms with Crippen molar-refractivity contribution in [3.8, 4) is 5.75 Å². The standard InChI is InChI=1S/C16H24ClNO2/c1-3-18-15(8-7-13-5-4-10-20-13)14-11-12(17)6-9-16(14)19-2/h6,9,11,13,15,18H,3-5,7-8,10H2,1-2H3. The van der Waals surface area contributed by atoms with E-state index < -0.39 is 0 Å². The highest BCUT2D eigenvalue weighted by Crippen LogP contribution is 2.32. The molecule has 0 bridgehead atoms. The molecule has 0 amide bonds. The zero-order valence-electron chi connectivity index (χ0n) is 12.3. The van der Waals surface area contributed by atoms with E-state index in [1.807, 2.05) is 18.2 Å². The molecule has 1 fully saturated rings. The Bertz CT molecular complexity index is 419. The fourth-order valence-corrected chi connectivity index (χ4v) is 3.00. The predicted octanol–water partition coefficient (Wildman–Crippen LogP) is 3.96. The molecule has 1 aliphatic rings. The molecule has 1 N–H and O–H groups in total. The predicted molar refractivity (Wildman–Crippen MR) is 82.6 cm³/mol. The monoisotopic (exact) mass is 297 g/mol. The van der Waals surface area contributed by atoms with Crippen molar-refractivity contribution in [1.82, 2.24) is 5.32 Å². The Labute approximate surface area is 126 Å². The summed E-state index contributed by atoms with van der Waals surface area (Å²) in [5.41, 5.74) is 1.14. The quantitative estimate of drug-likeness (QED) is 0.826. The Morgan fingerprint density at radius 1 is 1.50 bits per heavy atom. The van der Waals surface area contributed by atoms with Crippen molar-refractivity contribution in [3.63, 3.8) is 0 Å². The first-order valence-corrected chi connectivity index (χ1v) is 7.80. The van der Waals surface area contributed by atoms with Gasteiger partial charge in [-0.05, 0) is 50.4 Å². The van der Waals surface area contributed by atoms with Crippen LogP contribution < -0.4 is 10.1 Å². The third-order valence-electron chi connectivity index (χ3n) is 3.82. The fraction of sp³-hybridized carbons (Fsp3) is 0.625. The summed E-state index contributed by atoms with van der Waals surface area (Å²) < 4.78 is 11.2. The van der Waals surface area contributed by atoms with E-state index in [1.165, 1.54) is 12.8 Å². The summed E-state index contributed by atoms with van der Waals surface area (Å²) in [6.45, 7) is 3.96. The minimum absolute atomic E-state index is 0.262. The van der Waals surface area contributed by atoms with Gasteiger partial charge in [-0.1, -0.05) is 18.5 Å². The molecule has 112 valence electrons.